The van der Waals surface area contributed by atoms with E-state index >= 15 is 0 Å². The summed E-state index contributed by atoms with van der Waals surface area (Å²) >= 11 is 0. The lowest BCUT2D eigenvalue weighted by molar-refractivity contribution is -0.605. The molecule has 0 aliphatic carbocycles. The van der Waals surface area contributed by atoms with Crippen molar-refractivity contribution in [2.45, 2.75) is 20.4 Å². The van der Waals surface area contributed by atoms with Gasteiger partial charge in [-0.1, -0.05) is 24.3 Å². The molecule has 2 heterocycles. The predicted molar refractivity (Wildman–Crippen MR) is 96.8 cm³/mol. The number of pyridine rings is 2. The van der Waals surface area contributed by atoms with E-state index in [1.807, 2.05) is 38.1 Å². The Bertz CT molecular complexity index is 921. The summed E-state index contributed by atoms with van der Waals surface area (Å²) in [4.78, 5) is 16.5. The van der Waals surface area contributed by atoms with Crippen LogP contribution in [0.25, 0.3) is 0 Å². The third-order valence-electron chi connectivity index (χ3n) is 3.93. The fourth-order valence-corrected chi connectivity index (χ4v) is 2.57. The monoisotopic (exact) mass is 349 g/mol. The quantitative estimate of drug-likeness (QED) is 0.567. The first-order chi connectivity index (χ1) is 12.5. The van der Waals surface area contributed by atoms with Crippen LogP contribution in [0.4, 0.5) is 0 Å². The molecule has 1 N–H and O–H groups in total. The summed E-state index contributed by atoms with van der Waals surface area (Å²) < 4.78 is 6.60. The van der Waals surface area contributed by atoms with E-state index in [1.165, 1.54) is 18.5 Å². The fourth-order valence-electron chi connectivity index (χ4n) is 2.57. The molecule has 1 amide bonds. The van der Waals surface area contributed by atoms with E-state index in [0.29, 0.717) is 16.2 Å². The molecule has 2 aromatic heterocycles. The standard InChI is InChI=1S/C20H19N3O3/c1-14-6-3-7-15(2)18(14)26-20-16(8-4-10-21-20)12-22-19(24)17-9-5-11-23(25)13-17/h3-11,13H,12H2,1-2H3,(H,22,24). The molecule has 0 bridgehead atoms. The number of hydrogen-bond acceptors (Lipinski definition) is 4. The number of para-hydroxylation sites is 1. The second-order valence-electron chi connectivity index (χ2n) is 5.93. The number of nitrogens with one attached hydrogen (secondary N) is 1. The third-order valence-corrected chi connectivity index (χ3v) is 3.93. The molecule has 0 aliphatic rings. The van der Waals surface area contributed by atoms with Gasteiger partial charge in [0.05, 0.1) is 0 Å². The smallest absolute Gasteiger partial charge is 0.257 e. The normalized spacial score (nSPS) is 10.4. The van der Waals surface area contributed by atoms with Crippen molar-refractivity contribution in [2.24, 2.45) is 0 Å². The number of benzene rings is 1. The summed E-state index contributed by atoms with van der Waals surface area (Å²) in [6.07, 6.45) is 4.20. The highest BCUT2D eigenvalue weighted by molar-refractivity contribution is 5.93. The minimum Gasteiger partial charge on any atom is -0.619 e. The van der Waals surface area contributed by atoms with Crippen molar-refractivity contribution < 1.29 is 14.3 Å². The summed E-state index contributed by atoms with van der Waals surface area (Å²) in [7, 11) is 0. The molecule has 0 atom stereocenters. The van der Waals surface area contributed by atoms with E-state index in [9.17, 15) is 10.0 Å². The molecule has 6 heteroatoms. The van der Waals surface area contributed by atoms with Crippen molar-refractivity contribution in [3.05, 3.63) is 88.5 Å². The maximum absolute atomic E-state index is 12.2. The van der Waals surface area contributed by atoms with Crippen LogP contribution in [0.2, 0.25) is 0 Å². The largest absolute Gasteiger partial charge is 0.619 e. The summed E-state index contributed by atoms with van der Waals surface area (Å²) in [5.74, 6) is 0.864. The zero-order chi connectivity index (χ0) is 18.5. The average molecular weight is 349 g/mol. The highest BCUT2D eigenvalue weighted by Crippen LogP contribution is 2.29. The summed E-state index contributed by atoms with van der Waals surface area (Å²) in [5.41, 5.74) is 3.06. The van der Waals surface area contributed by atoms with Crippen LogP contribution < -0.4 is 14.8 Å². The zero-order valence-electron chi connectivity index (χ0n) is 14.6. The predicted octanol–water partition coefficient (Wildman–Crippen LogP) is 3.05. The van der Waals surface area contributed by atoms with Gasteiger partial charge in [-0.15, -0.1) is 0 Å². The van der Waals surface area contributed by atoms with Gasteiger partial charge in [0, 0.05) is 24.4 Å². The van der Waals surface area contributed by atoms with Crippen LogP contribution in [0.1, 0.15) is 27.0 Å². The maximum atomic E-state index is 12.2. The molecule has 0 saturated carbocycles. The number of nitrogens with zero attached hydrogens (tertiary/aromatic N) is 2. The second kappa shape index (κ2) is 7.65. The Morgan fingerprint density at radius 3 is 2.65 bits per heavy atom. The number of hydrogen-bond donors (Lipinski definition) is 1. The van der Waals surface area contributed by atoms with Gasteiger partial charge in [0.2, 0.25) is 5.88 Å². The first-order valence-electron chi connectivity index (χ1n) is 8.19. The summed E-state index contributed by atoms with van der Waals surface area (Å²) in [5, 5.41) is 14.1. The number of ether oxygens (including phenoxy) is 1. The van der Waals surface area contributed by atoms with Crippen molar-refractivity contribution in [3.63, 3.8) is 0 Å². The molecule has 0 aliphatic heterocycles. The lowest BCUT2D eigenvalue weighted by atomic mass is 10.1. The minimum atomic E-state index is -0.336. The second-order valence-corrected chi connectivity index (χ2v) is 5.93. The summed E-state index contributed by atoms with van der Waals surface area (Å²) in [6, 6.07) is 12.7. The number of carbonyl (C=O) groups is 1. The highest BCUT2D eigenvalue weighted by Gasteiger charge is 2.13. The van der Waals surface area contributed by atoms with Crippen LogP contribution >= 0.6 is 0 Å². The lowest BCUT2D eigenvalue weighted by Gasteiger charge is -2.14. The van der Waals surface area contributed by atoms with E-state index in [4.69, 9.17) is 4.74 Å². The molecule has 0 unspecified atom stereocenters. The number of carbonyl (C=O) groups excluding carboxylic acids is 1. The Morgan fingerprint density at radius 1 is 1.15 bits per heavy atom. The van der Waals surface area contributed by atoms with E-state index in [-0.39, 0.29) is 12.5 Å². The van der Waals surface area contributed by atoms with E-state index in [2.05, 4.69) is 10.3 Å². The van der Waals surface area contributed by atoms with Crippen molar-refractivity contribution in [1.29, 1.82) is 0 Å². The number of amides is 1. The first kappa shape index (κ1) is 17.4. The lowest BCUT2D eigenvalue weighted by Crippen LogP contribution is -2.29. The Balaban J connectivity index is 1.76. The van der Waals surface area contributed by atoms with Gasteiger partial charge < -0.3 is 15.3 Å². The van der Waals surface area contributed by atoms with Gasteiger partial charge in [0.15, 0.2) is 12.4 Å². The van der Waals surface area contributed by atoms with Gasteiger partial charge in [0.25, 0.3) is 5.91 Å². The third kappa shape index (κ3) is 3.97. The van der Waals surface area contributed by atoms with E-state index in [1.54, 1.807) is 18.3 Å². The minimum absolute atomic E-state index is 0.237. The molecule has 26 heavy (non-hydrogen) atoms. The van der Waals surface area contributed by atoms with Gasteiger partial charge in [-0.05, 0) is 37.1 Å². The molecule has 0 fully saturated rings. The Labute approximate surface area is 151 Å². The Hall–Kier alpha value is -3.41. The molecule has 0 spiro atoms. The van der Waals surface area contributed by atoms with Crippen LogP contribution in [0.15, 0.2) is 61.1 Å². The van der Waals surface area contributed by atoms with E-state index in [0.717, 1.165) is 22.4 Å². The van der Waals surface area contributed by atoms with Gasteiger partial charge in [-0.2, -0.15) is 4.73 Å². The molecular formula is C20H19N3O3. The van der Waals surface area contributed by atoms with Crippen LogP contribution in [-0.2, 0) is 6.54 Å². The Kier molecular flexibility index (Phi) is 5.12. The maximum Gasteiger partial charge on any atom is 0.257 e. The van der Waals surface area contributed by atoms with E-state index < -0.39 is 0 Å². The number of aromatic nitrogens is 2. The Morgan fingerprint density at radius 2 is 1.92 bits per heavy atom. The molecule has 3 rings (SSSR count). The topological polar surface area (TPSA) is 78.2 Å². The molecule has 0 saturated heterocycles. The summed E-state index contributed by atoms with van der Waals surface area (Å²) in [6.45, 7) is 4.18. The molecule has 1 aromatic carbocycles. The first-order valence-corrected chi connectivity index (χ1v) is 8.19. The molecule has 6 nitrogen and oxygen atoms in total. The SMILES string of the molecule is Cc1cccc(C)c1Oc1ncccc1CNC(=O)c1ccc[n+]([O-])c1. The number of aryl methyl sites for hydroxylation is 2. The number of rotatable bonds is 5. The molecule has 3 aromatic rings. The van der Waals surface area contributed by atoms with Gasteiger partial charge in [0.1, 0.15) is 11.3 Å². The van der Waals surface area contributed by atoms with Crippen LogP contribution in [0.5, 0.6) is 11.6 Å². The molecular weight excluding hydrogens is 330 g/mol. The van der Waals surface area contributed by atoms with Gasteiger partial charge >= 0.3 is 0 Å². The average Bonchev–Trinajstić information content (AvgIpc) is 2.63. The van der Waals surface area contributed by atoms with Crippen LogP contribution in [0.3, 0.4) is 0 Å². The van der Waals surface area contributed by atoms with Crippen molar-refractivity contribution in [2.75, 3.05) is 0 Å². The molecule has 0 radical (unpaired) electrons. The van der Waals surface area contributed by atoms with Crippen molar-refractivity contribution in [3.8, 4) is 11.6 Å². The van der Waals surface area contributed by atoms with Crippen molar-refractivity contribution in [1.82, 2.24) is 10.3 Å². The van der Waals surface area contributed by atoms with Gasteiger partial charge in [-0.3, -0.25) is 4.79 Å². The highest BCUT2D eigenvalue weighted by atomic mass is 16.5. The fraction of sp³-hybridized carbons (Fsp3) is 0.150. The van der Waals surface area contributed by atoms with Crippen LogP contribution in [0, 0.1) is 19.1 Å². The van der Waals surface area contributed by atoms with Crippen LogP contribution in [-0.4, -0.2) is 10.9 Å². The zero-order valence-corrected chi connectivity index (χ0v) is 14.6. The molecule has 132 valence electrons. The van der Waals surface area contributed by atoms with Gasteiger partial charge in [-0.25, -0.2) is 4.98 Å². The van der Waals surface area contributed by atoms with Crippen molar-refractivity contribution >= 4 is 5.91 Å².